The summed E-state index contributed by atoms with van der Waals surface area (Å²) < 4.78 is 0. The quantitative estimate of drug-likeness (QED) is 0.811. The molecule has 1 amide bonds. The van der Waals surface area contributed by atoms with Crippen LogP contribution in [0.2, 0.25) is 0 Å². The second-order valence-electron chi connectivity index (χ2n) is 7.15. The minimum Gasteiger partial charge on any atom is -0.399 e. The monoisotopic (exact) mass is 352 g/mol. The molecule has 2 aromatic rings. The predicted molar refractivity (Wildman–Crippen MR) is 106 cm³/mol. The number of nitrogens with two attached hydrogens (primary N) is 1. The number of piperazine rings is 1. The van der Waals surface area contributed by atoms with E-state index in [9.17, 15) is 4.79 Å². The number of likely N-dealkylation sites (N-methyl/N-ethyl adjacent to an activating group) is 1. The van der Waals surface area contributed by atoms with Crippen molar-refractivity contribution in [1.82, 2.24) is 15.1 Å². The van der Waals surface area contributed by atoms with Crippen molar-refractivity contribution in [3.05, 3.63) is 64.7 Å². The van der Waals surface area contributed by atoms with Crippen molar-refractivity contribution in [2.24, 2.45) is 0 Å². The molecule has 1 aliphatic heterocycles. The lowest BCUT2D eigenvalue weighted by Crippen LogP contribution is -2.43. The summed E-state index contributed by atoms with van der Waals surface area (Å²) in [5, 5.41) is 2.98. The van der Waals surface area contributed by atoms with Crippen LogP contribution in [0, 0.1) is 6.92 Å². The zero-order valence-corrected chi connectivity index (χ0v) is 15.7. The minimum absolute atomic E-state index is 0.0867. The number of nitrogens with zero attached hydrogens (tertiary/aromatic N) is 2. The lowest BCUT2D eigenvalue weighted by atomic mass is 10.1. The van der Waals surface area contributed by atoms with Crippen molar-refractivity contribution in [3.63, 3.8) is 0 Å². The molecule has 3 rings (SSSR count). The van der Waals surface area contributed by atoms with Gasteiger partial charge in [-0.3, -0.25) is 9.69 Å². The van der Waals surface area contributed by atoms with Crippen molar-refractivity contribution in [2.75, 3.05) is 39.0 Å². The van der Waals surface area contributed by atoms with Gasteiger partial charge in [0.2, 0.25) is 0 Å². The average Bonchev–Trinajstić information content (AvgIpc) is 2.65. The SMILES string of the molecule is Cc1ccc(N)cc1C(=O)NCc1ccc(CN2CCN(C)CC2)cc1. The first-order valence-electron chi connectivity index (χ1n) is 9.14. The molecule has 1 aliphatic rings. The normalized spacial score (nSPS) is 15.8. The fourth-order valence-corrected chi connectivity index (χ4v) is 3.19. The summed E-state index contributed by atoms with van der Waals surface area (Å²) in [4.78, 5) is 17.2. The summed E-state index contributed by atoms with van der Waals surface area (Å²) in [5.41, 5.74) is 10.4. The van der Waals surface area contributed by atoms with E-state index in [-0.39, 0.29) is 5.91 Å². The van der Waals surface area contributed by atoms with Gasteiger partial charge in [-0.05, 0) is 42.8 Å². The predicted octanol–water partition coefficient (Wildman–Crippen LogP) is 2.25. The molecule has 3 N–H and O–H groups in total. The summed E-state index contributed by atoms with van der Waals surface area (Å²) in [6.07, 6.45) is 0. The molecule has 138 valence electrons. The van der Waals surface area contributed by atoms with Gasteiger partial charge in [-0.15, -0.1) is 0 Å². The maximum absolute atomic E-state index is 12.4. The van der Waals surface area contributed by atoms with E-state index in [1.807, 2.05) is 19.1 Å². The molecule has 5 heteroatoms. The number of hydrogen-bond donors (Lipinski definition) is 2. The van der Waals surface area contributed by atoms with Crippen LogP contribution in [-0.4, -0.2) is 48.9 Å². The third-order valence-electron chi connectivity index (χ3n) is 4.98. The minimum atomic E-state index is -0.0867. The van der Waals surface area contributed by atoms with Crippen molar-refractivity contribution in [1.29, 1.82) is 0 Å². The number of anilines is 1. The standard InChI is InChI=1S/C21H28N4O/c1-16-3-8-19(22)13-20(16)21(26)23-14-17-4-6-18(7-5-17)15-25-11-9-24(2)10-12-25/h3-8,13H,9-12,14-15,22H2,1-2H3,(H,23,26). The zero-order chi connectivity index (χ0) is 18.5. The smallest absolute Gasteiger partial charge is 0.251 e. The van der Waals surface area contributed by atoms with E-state index in [1.165, 1.54) is 5.56 Å². The van der Waals surface area contributed by atoms with Gasteiger partial charge in [-0.1, -0.05) is 30.3 Å². The van der Waals surface area contributed by atoms with Gasteiger partial charge in [-0.2, -0.15) is 0 Å². The fraction of sp³-hybridized carbons (Fsp3) is 0.381. The van der Waals surface area contributed by atoms with Crippen LogP contribution in [0.15, 0.2) is 42.5 Å². The molecule has 0 atom stereocenters. The van der Waals surface area contributed by atoms with Gasteiger partial charge in [-0.25, -0.2) is 0 Å². The third-order valence-corrected chi connectivity index (χ3v) is 4.98. The molecule has 1 saturated heterocycles. The summed E-state index contributed by atoms with van der Waals surface area (Å²) in [7, 11) is 2.17. The van der Waals surface area contributed by atoms with Crippen LogP contribution in [0.5, 0.6) is 0 Å². The summed E-state index contributed by atoms with van der Waals surface area (Å²) in [6.45, 7) is 7.93. The Balaban J connectivity index is 1.52. The van der Waals surface area contributed by atoms with E-state index in [2.05, 4.69) is 46.4 Å². The molecule has 1 fully saturated rings. The molecule has 0 spiro atoms. The Labute approximate surface area is 155 Å². The van der Waals surface area contributed by atoms with Crippen LogP contribution in [0.4, 0.5) is 5.69 Å². The van der Waals surface area contributed by atoms with E-state index < -0.39 is 0 Å². The first-order chi connectivity index (χ1) is 12.5. The highest BCUT2D eigenvalue weighted by atomic mass is 16.1. The molecule has 0 aromatic heterocycles. The Morgan fingerprint density at radius 1 is 1.04 bits per heavy atom. The highest BCUT2D eigenvalue weighted by molar-refractivity contribution is 5.96. The molecule has 2 aromatic carbocycles. The molecule has 0 bridgehead atoms. The van der Waals surface area contributed by atoms with Crippen LogP contribution < -0.4 is 11.1 Å². The van der Waals surface area contributed by atoms with Crippen molar-refractivity contribution in [2.45, 2.75) is 20.0 Å². The topological polar surface area (TPSA) is 61.6 Å². The molecule has 0 radical (unpaired) electrons. The Bertz CT molecular complexity index is 749. The zero-order valence-electron chi connectivity index (χ0n) is 15.7. The van der Waals surface area contributed by atoms with Gasteiger partial charge >= 0.3 is 0 Å². The number of benzene rings is 2. The Kier molecular flexibility index (Phi) is 5.91. The highest BCUT2D eigenvalue weighted by Gasteiger charge is 2.14. The van der Waals surface area contributed by atoms with Gasteiger partial charge < -0.3 is 16.0 Å². The van der Waals surface area contributed by atoms with Crippen molar-refractivity contribution < 1.29 is 4.79 Å². The van der Waals surface area contributed by atoms with Crippen LogP contribution in [0.25, 0.3) is 0 Å². The number of carbonyl (C=O) groups excluding carboxylic acids is 1. The van der Waals surface area contributed by atoms with Gasteiger partial charge in [0.15, 0.2) is 0 Å². The maximum atomic E-state index is 12.4. The van der Waals surface area contributed by atoms with Gasteiger partial charge in [0.1, 0.15) is 0 Å². The van der Waals surface area contributed by atoms with Crippen molar-refractivity contribution >= 4 is 11.6 Å². The van der Waals surface area contributed by atoms with Gasteiger partial charge in [0, 0.05) is 50.5 Å². The summed E-state index contributed by atoms with van der Waals surface area (Å²) >= 11 is 0. The summed E-state index contributed by atoms with van der Waals surface area (Å²) in [6, 6.07) is 13.9. The van der Waals surface area contributed by atoms with Crippen LogP contribution >= 0.6 is 0 Å². The first-order valence-corrected chi connectivity index (χ1v) is 9.14. The number of nitrogen functional groups attached to an aromatic ring is 1. The Morgan fingerprint density at radius 3 is 2.38 bits per heavy atom. The van der Waals surface area contributed by atoms with Crippen LogP contribution in [-0.2, 0) is 13.1 Å². The van der Waals surface area contributed by atoms with Crippen molar-refractivity contribution in [3.8, 4) is 0 Å². The first kappa shape index (κ1) is 18.4. The maximum Gasteiger partial charge on any atom is 0.251 e. The Morgan fingerprint density at radius 2 is 1.69 bits per heavy atom. The fourth-order valence-electron chi connectivity index (χ4n) is 3.19. The van der Waals surface area contributed by atoms with E-state index >= 15 is 0 Å². The molecule has 26 heavy (non-hydrogen) atoms. The van der Waals surface area contributed by atoms with Gasteiger partial charge in [0.25, 0.3) is 5.91 Å². The van der Waals surface area contributed by atoms with Crippen LogP contribution in [0.1, 0.15) is 27.0 Å². The number of carbonyl (C=O) groups is 1. The van der Waals surface area contributed by atoms with E-state index in [4.69, 9.17) is 5.73 Å². The summed E-state index contributed by atoms with van der Waals surface area (Å²) in [5.74, 6) is -0.0867. The molecular formula is C21H28N4O. The Hall–Kier alpha value is -2.37. The number of hydrogen-bond acceptors (Lipinski definition) is 4. The molecule has 0 aliphatic carbocycles. The lowest BCUT2D eigenvalue weighted by Gasteiger charge is -2.32. The van der Waals surface area contributed by atoms with Crippen LogP contribution in [0.3, 0.4) is 0 Å². The third kappa shape index (κ3) is 4.84. The molecule has 5 nitrogen and oxygen atoms in total. The second kappa shape index (κ2) is 8.34. The number of rotatable bonds is 5. The molecular weight excluding hydrogens is 324 g/mol. The van der Waals surface area contributed by atoms with E-state index in [0.717, 1.165) is 43.9 Å². The molecule has 1 heterocycles. The van der Waals surface area contributed by atoms with Gasteiger partial charge in [0.05, 0.1) is 0 Å². The second-order valence-corrected chi connectivity index (χ2v) is 7.15. The van der Waals surface area contributed by atoms with E-state index in [0.29, 0.717) is 17.8 Å². The number of nitrogens with one attached hydrogen (secondary N) is 1. The number of amides is 1. The molecule has 0 saturated carbocycles. The number of aryl methyl sites for hydroxylation is 1. The average molecular weight is 352 g/mol. The highest BCUT2D eigenvalue weighted by Crippen LogP contribution is 2.13. The lowest BCUT2D eigenvalue weighted by molar-refractivity contribution is 0.0950. The van der Waals surface area contributed by atoms with E-state index in [1.54, 1.807) is 6.07 Å². The largest absolute Gasteiger partial charge is 0.399 e. The molecule has 0 unspecified atom stereocenters.